The molecule has 3 nitrogen and oxygen atoms in total. The number of H-pyrrole nitrogens is 1. The van der Waals surface area contributed by atoms with Gasteiger partial charge in [-0.05, 0) is 23.7 Å². The highest BCUT2D eigenvalue weighted by Gasteiger charge is 2.44. The second-order valence-corrected chi connectivity index (χ2v) is 4.64. The van der Waals surface area contributed by atoms with Gasteiger partial charge in [0.15, 0.2) is 0 Å². The Kier molecular flexibility index (Phi) is 2.13. The van der Waals surface area contributed by atoms with Crippen LogP contribution < -0.4 is 0 Å². The third kappa shape index (κ3) is 1.44. The van der Waals surface area contributed by atoms with Crippen LogP contribution in [0, 0.1) is 0 Å². The summed E-state index contributed by atoms with van der Waals surface area (Å²) in [4.78, 5) is 2.13. The maximum Gasteiger partial charge on any atom is 0.428 e. The van der Waals surface area contributed by atoms with Crippen LogP contribution in [0.2, 0.25) is 0 Å². The first kappa shape index (κ1) is 9.47. The van der Waals surface area contributed by atoms with Crippen LogP contribution in [0.5, 0.6) is 0 Å². The Hall–Kier alpha value is -0.620. The predicted molar refractivity (Wildman–Crippen MR) is 38.8 cm³/mol. The fourth-order valence-corrected chi connectivity index (χ4v) is 1.59. The van der Waals surface area contributed by atoms with Crippen molar-refractivity contribution < 1.29 is 17.2 Å². The molecule has 1 heterocycles. The molecule has 0 spiro atoms. The number of hydrogen-bond acceptors (Lipinski definition) is 2. The van der Waals surface area contributed by atoms with Crippen molar-refractivity contribution in [2.24, 2.45) is 0 Å². The molecule has 0 bridgehead atoms. The number of nitrogens with one attached hydrogen (secondary N) is 1. The van der Waals surface area contributed by atoms with Gasteiger partial charge < -0.3 is 4.98 Å². The zero-order valence-electron chi connectivity index (χ0n) is 5.59. The number of aromatic amines is 1. The molecule has 1 aromatic rings. The summed E-state index contributed by atoms with van der Waals surface area (Å²) < 4.78 is 41.8. The highest BCUT2D eigenvalue weighted by Crippen LogP contribution is 2.31. The lowest BCUT2D eigenvalue weighted by molar-refractivity contribution is 0.186. The van der Waals surface area contributed by atoms with Gasteiger partial charge in [0.2, 0.25) is 0 Å². The monoisotopic (exact) mass is 215 g/mol. The van der Waals surface area contributed by atoms with E-state index in [4.69, 9.17) is 0 Å². The van der Waals surface area contributed by atoms with Crippen molar-refractivity contribution in [2.75, 3.05) is 0 Å². The molecular weight excluding hydrogens is 212 g/mol. The summed E-state index contributed by atoms with van der Waals surface area (Å²) in [7, 11) is -4.76. The molecule has 68 valence electrons. The maximum atomic E-state index is 12.2. The van der Waals surface area contributed by atoms with Gasteiger partial charge in [-0.25, -0.2) is 8.42 Å². The molecule has 1 N–H and O–H groups in total. The topological polar surface area (TPSA) is 49.9 Å². The smallest absolute Gasteiger partial charge is 0.352 e. The first-order valence-electron chi connectivity index (χ1n) is 2.80. The minimum Gasteiger partial charge on any atom is -0.352 e. The molecule has 0 saturated carbocycles. The summed E-state index contributed by atoms with van der Waals surface area (Å²) in [6, 6.07) is 2.29. The van der Waals surface area contributed by atoms with Gasteiger partial charge in [-0.3, -0.25) is 0 Å². The minimum absolute atomic E-state index is 0.595. The number of alkyl halides is 3. The van der Waals surface area contributed by atoms with E-state index < -0.39 is 19.6 Å². The Morgan fingerprint density at radius 3 is 2.42 bits per heavy atom. The summed E-state index contributed by atoms with van der Waals surface area (Å²) in [5, 5.41) is -0.595. The molecule has 0 aromatic carbocycles. The van der Waals surface area contributed by atoms with Crippen LogP contribution in [0.25, 0.3) is 0 Å². The number of hydrogen-bond donors (Lipinski definition) is 1. The van der Waals surface area contributed by atoms with Gasteiger partial charge in [0, 0.05) is 6.20 Å². The molecule has 0 amide bonds. The summed E-state index contributed by atoms with van der Waals surface area (Å²) >= 11 is 4.37. The van der Waals surface area contributed by atoms with E-state index in [9.17, 15) is 17.2 Å². The lowest BCUT2D eigenvalue weighted by atomic mass is 10.7. The predicted octanol–water partition coefficient (Wildman–Crippen LogP) is 1.58. The minimum atomic E-state index is -4.76. The van der Waals surface area contributed by atoms with E-state index >= 15 is 0 Å². The third-order valence-electron chi connectivity index (χ3n) is 1.16. The number of aromatic nitrogens is 1. The van der Waals surface area contributed by atoms with Crippen LogP contribution >= 0.6 is 11.6 Å². The molecule has 1 aromatic heterocycles. The summed E-state index contributed by atoms with van der Waals surface area (Å²) in [6.45, 7) is 0. The first-order valence-corrected chi connectivity index (χ1v) is 4.66. The van der Waals surface area contributed by atoms with Crippen molar-refractivity contribution in [3.8, 4) is 0 Å². The van der Waals surface area contributed by atoms with Gasteiger partial charge in [0.05, 0.1) is 0 Å². The average molecular weight is 216 g/mol. The molecule has 0 aliphatic rings. The van der Waals surface area contributed by atoms with E-state index in [1.165, 1.54) is 12.3 Å². The second kappa shape index (κ2) is 2.70. The molecule has 12 heavy (non-hydrogen) atoms. The van der Waals surface area contributed by atoms with Crippen LogP contribution in [-0.4, -0.2) is 18.1 Å². The fraction of sp³-hybridized carbons (Fsp3) is 0.200. The van der Waals surface area contributed by atoms with E-state index in [0.29, 0.717) is 0 Å². The molecule has 0 atom stereocenters. The quantitative estimate of drug-likeness (QED) is 0.762. The van der Waals surface area contributed by atoms with Crippen LogP contribution in [-0.2, 0) is 9.84 Å². The van der Waals surface area contributed by atoms with Crippen LogP contribution in [0.4, 0.5) is 8.78 Å². The molecule has 0 radical (unpaired) electrons. The zero-order valence-corrected chi connectivity index (χ0v) is 7.16. The van der Waals surface area contributed by atoms with Gasteiger partial charge >= 0.3 is 4.71 Å². The van der Waals surface area contributed by atoms with E-state index in [-0.39, 0.29) is 0 Å². The SMILES string of the molecule is O=S(=O)(c1ccc[nH]1)C(F)(F)Cl. The van der Waals surface area contributed by atoms with E-state index in [1.807, 2.05) is 0 Å². The number of halogens is 3. The molecule has 0 fully saturated rings. The molecule has 1 rings (SSSR count). The van der Waals surface area contributed by atoms with Gasteiger partial charge in [-0.2, -0.15) is 8.78 Å². The molecule has 0 unspecified atom stereocenters. The van der Waals surface area contributed by atoms with Crippen molar-refractivity contribution in [1.29, 1.82) is 0 Å². The van der Waals surface area contributed by atoms with Gasteiger partial charge in [0.25, 0.3) is 9.84 Å². The second-order valence-electron chi connectivity index (χ2n) is 1.98. The Labute approximate surface area is 72.3 Å². The molecular formula is C5H4ClF2NO2S. The van der Waals surface area contributed by atoms with Crippen molar-refractivity contribution in [3.05, 3.63) is 18.3 Å². The normalized spacial score (nSPS) is 13.2. The third-order valence-corrected chi connectivity index (χ3v) is 3.22. The van der Waals surface area contributed by atoms with E-state index in [1.54, 1.807) is 0 Å². The van der Waals surface area contributed by atoms with Crippen molar-refractivity contribution in [1.82, 2.24) is 4.98 Å². The van der Waals surface area contributed by atoms with E-state index in [0.717, 1.165) is 6.07 Å². The van der Waals surface area contributed by atoms with Crippen molar-refractivity contribution in [3.63, 3.8) is 0 Å². The Morgan fingerprint density at radius 2 is 2.08 bits per heavy atom. The largest absolute Gasteiger partial charge is 0.428 e. The van der Waals surface area contributed by atoms with Crippen LogP contribution in [0.1, 0.15) is 0 Å². The van der Waals surface area contributed by atoms with Gasteiger partial charge in [0.1, 0.15) is 5.03 Å². The maximum absolute atomic E-state index is 12.2. The van der Waals surface area contributed by atoms with Crippen LogP contribution in [0.3, 0.4) is 0 Å². The number of sulfone groups is 1. The lowest BCUT2D eigenvalue weighted by Gasteiger charge is -2.06. The summed E-state index contributed by atoms with van der Waals surface area (Å²) in [5.41, 5.74) is 0. The first-order chi connectivity index (χ1) is 5.36. The highest BCUT2D eigenvalue weighted by atomic mass is 35.5. The van der Waals surface area contributed by atoms with Crippen LogP contribution in [0.15, 0.2) is 23.4 Å². The summed E-state index contributed by atoms with van der Waals surface area (Å²) in [6.07, 6.45) is 1.22. The highest BCUT2D eigenvalue weighted by molar-refractivity contribution is 7.93. The standard InChI is InChI=1S/C5H4ClF2NO2S/c6-5(7,8)12(10,11)4-2-1-3-9-4/h1-3,9H. The Morgan fingerprint density at radius 1 is 1.50 bits per heavy atom. The molecule has 0 aliphatic carbocycles. The Bertz CT molecular complexity index is 353. The molecule has 7 heteroatoms. The van der Waals surface area contributed by atoms with E-state index in [2.05, 4.69) is 16.6 Å². The fourth-order valence-electron chi connectivity index (χ4n) is 0.606. The summed E-state index contributed by atoms with van der Waals surface area (Å²) in [5.74, 6) is 0. The molecule has 0 aliphatic heterocycles. The average Bonchev–Trinajstić information content (AvgIpc) is 2.34. The lowest BCUT2D eigenvalue weighted by Crippen LogP contribution is -2.22. The van der Waals surface area contributed by atoms with Gasteiger partial charge in [-0.15, -0.1) is 0 Å². The Balaban J connectivity index is 3.22. The van der Waals surface area contributed by atoms with Crippen molar-refractivity contribution in [2.45, 2.75) is 9.74 Å². The zero-order chi connectivity index (χ0) is 9.41. The number of rotatable bonds is 2. The van der Waals surface area contributed by atoms with Gasteiger partial charge in [-0.1, -0.05) is 0 Å². The van der Waals surface area contributed by atoms with Crippen molar-refractivity contribution >= 4 is 21.4 Å². The molecule has 0 saturated heterocycles.